The molecule has 0 atom stereocenters. The average Bonchev–Trinajstić information content (AvgIpc) is 3.08. The maximum absolute atomic E-state index is 12.8. The first-order valence-electron chi connectivity index (χ1n) is 10.0. The second-order valence-corrected chi connectivity index (χ2v) is 7.82. The van der Waals surface area contributed by atoms with E-state index in [9.17, 15) is 18.4 Å². The zero-order valence-corrected chi connectivity index (χ0v) is 17.6. The molecule has 3 nitrogen and oxygen atoms in total. The molecule has 0 bridgehead atoms. The molecule has 6 heteroatoms. The summed E-state index contributed by atoms with van der Waals surface area (Å²) in [5, 5.41) is 10.7. The number of rotatable bonds is 4. The highest BCUT2D eigenvalue weighted by Crippen LogP contribution is 2.29. The average molecular weight is 431 g/mol. The number of aromatic nitrogens is 2. The van der Waals surface area contributed by atoms with Gasteiger partial charge in [0.15, 0.2) is 0 Å². The molecule has 0 aliphatic rings. The molecule has 0 N–H and O–H groups in total. The molecular weight excluding hydrogens is 411 g/mol. The van der Waals surface area contributed by atoms with Crippen LogP contribution >= 0.6 is 0 Å². The molecular formula is C26H20F3N3. The van der Waals surface area contributed by atoms with Gasteiger partial charge in [-0.15, -0.1) is 0 Å². The molecule has 2 aromatic heterocycles. The fourth-order valence-electron chi connectivity index (χ4n) is 3.63. The molecule has 0 saturated heterocycles. The van der Waals surface area contributed by atoms with E-state index in [1.165, 1.54) is 12.3 Å². The molecule has 0 amide bonds. The van der Waals surface area contributed by atoms with Crippen LogP contribution in [-0.2, 0) is 12.7 Å². The van der Waals surface area contributed by atoms with E-state index >= 15 is 0 Å². The molecule has 160 valence electrons. The van der Waals surface area contributed by atoms with Crippen LogP contribution in [0, 0.1) is 25.2 Å². The largest absolute Gasteiger partial charge is 0.433 e. The van der Waals surface area contributed by atoms with Crippen molar-refractivity contribution in [3.63, 3.8) is 0 Å². The van der Waals surface area contributed by atoms with E-state index in [1.807, 2.05) is 73.2 Å². The fraction of sp³-hybridized carbons (Fsp3) is 0.154. The van der Waals surface area contributed by atoms with Gasteiger partial charge in [-0.05, 0) is 48.7 Å². The Bertz CT molecular complexity index is 1340. The SMILES string of the molecule is Cc1ccc(/C(C#N)=C/c2cn(Cc3ccc(C(F)(F)F)nc3)c3cc(C)ccc23)cc1. The number of aryl methyl sites for hydroxylation is 2. The van der Waals surface area contributed by atoms with Crippen molar-refractivity contribution < 1.29 is 13.2 Å². The van der Waals surface area contributed by atoms with Gasteiger partial charge in [0, 0.05) is 35.4 Å². The number of halogens is 3. The van der Waals surface area contributed by atoms with Crippen LogP contribution in [0.25, 0.3) is 22.6 Å². The van der Waals surface area contributed by atoms with Crippen molar-refractivity contribution >= 4 is 22.6 Å². The lowest BCUT2D eigenvalue weighted by Gasteiger charge is -2.08. The molecule has 0 fully saturated rings. The number of alkyl halides is 3. The van der Waals surface area contributed by atoms with Crippen molar-refractivity contribution in [2.45, 2.75) is 26.6 Å². The van der Waals surface area contributed by atoms with Crippen LogP contribution in [0.4, 0.5) is 13.2 Å². The van der Waals surface area contributed by atoms with E-state index in [-0.39, 0.29) is 0 Å². The summed E-state index contributed by atoms with van der Waals surface area (Å²) < 4.78 is 40.4. The smallest absolute Gasteiger partial charge is 0.342 e. The normalized spacial score (nSPS) is 12.2. The molecule has 0 spiro atoms. The fourth-order valence-corrected chi connectivity index (χ4v) is 3.63. The summed E-state index contributed by atoms with van der Waals surface area (Å²) in [6.07, 6.45) is 0.571. The zero-order chi connectivity index (χ0) is 22.9. The van der Waals surface area contributed by atoms with Gasteiger partial charge in [-0.25, -0.2) is 0 Å². The number of hydrogen-bond acceptors (Lipinski definition) is 2. The summed E-state index contributed by atoms with van der Waals surface area (Å²) in [6, 6.07) is 18.5. The van der Waals surface area contributed by atoms with Crippen molar-refractivity contribution in [2.24, 2.45) is 0 Å². The Morgan fingerprint density at radius 3 is 2.38 bits per heavy atom. The minimum Gasteiger partial charge on any atom is -0.342 e. The third-order valence-electron chi connectivity index (χ3n) is 5.32. The van der Waals surface area contributed by atoms with Crippen LogP contribution in [0.15, 0.2) is 67.0 Å². The number of nitriles is 1. The summed E-state index contributed by atoms with van der Waals surface area (Å²) in [5.74, 6) is 0. The van der Waals surface area contributed by atoms with Gasteiger partial charge in [0.1, 0.15) is 5.69 Å². The van der Waals surface area contributed by atoms with Gasteiger partial charge in [0.05, 0.1) is 11.6 Å². The van der Waals surface area contributed by atoms with Gasteiger partial charge in [-0.1, -0.05) is 48.0 Å². The topological polar surface area (TPSA) is 41.6 Å². The van der Waals surface area contributed by atoms with Crippen molar-refractivity contribution in [2.75, 3.05) is 0 Å². The third kappa shape index (κ3) is 4.42. The third-order valence-corrected chi connectivity index (χ3v) is 5.32. The van der Waals surface area contributed by atoms with Crippen molar-refractivity contribution in [3.8, 4) is 6.07 Å². The number of benzene rings is 2. The number of allylic oxidation sites excluding steroid dienone is 1. The van der Waals surface area contributed by atoms with E-state index in [0.29, 0.717) is 17.7 Å². The summed E-state index contributed by atoms with van der Waals surface area (Å²) >= 11 is 0. The van der Waals surface area contributed by atoms with Crippen LogP contribution < -0.4 is 0 Å². The van der Waals surface area contributed by atoms with Gasteiger partial charge < -0.3 is 4.57 Å². The number of hydrogen-bond donors (Lipinski definition) is 0. The molecule has 0 aliphatic heterocycles. The minimum absolute atomic E-state index is 0.366. The maximum Gasteiger partial charge on any atom is 0.433 e. The first-order chi connectivity index (χ1) is 15.2. The first-order valence-corrected chi connectivity index (χ1v) is 10.0. The first kappa shape index (κ1) is 21.4. The molecule has 2 aromatic carbocycles. The quantitative estimate of drug-likeness (QED) is 0.334. The van der Waals surface area contributed by atoms with Crippen molar-refractivity contribution in [3.05, 3.63) is 101 Å². The van der Waals surface area contributed by atoms with Crippen LogP contribution in [0.3, 0.4) is 0 Å². The van der Waals surface area contributed by atoms with E-state index in [0.717, 1.165) is 39.2 Å². The molecule has 32 heavy (non-hydrogen) atoms. The lowest BCUT2D eigenvalue weighted by molar-refractivity contribution is -0.141. The Morgan fingerprint density at radius 2 is 1.75 bits per heavy atom. The molecule has 0 unspecified atom stereocenters. The van der Waals surface area contributed by atoms with Crippen LogP contribution in [0.5, 0.6) is 0 Å². The van der Waals surface area contributed by atoms with Gasteiger partial charge >= 0.3 is 6.18 Å². The summed E-state index contributed by atoms with van der Waals surface area (Å²) in [5.41, 5.74) is 5.12. The number of fused-ring (bicyclic) bond motifs is 1. The Morgan fingerprint density at radius 1 is 1.03 bits per heavy atom. The van der Waals surface area contributed by atoms with E-state index in [1.54, 1.807) is 0 Å². The Kier molecular flexibility index (Phi) is 5.58. The highest BCUT2D eigenvalue weighted by Gasteiger charge is 2.32. The standard InChI is InChI=1S/C26H20F3N3/c1-17-3-7-20(8-4-17)21(13-30)12-22-16-32(24-11-18(2)5-9-23(22)24)15-19-6-10-25(31-14-19)26(27,28)29/h3-12,14,16H,15H2,1-2H3/b21-12+. The lowest BCUT2D eigenvalue weighted by Crippen LogP contribution is -2.08. The number of pyridine rings is 1. The highest BCUT2D eigenvalue weighted by atomic mass is 19.4. The van der Waals surface area contributed by atoms with E-state index in [2.05, 4.69) is 11.1 Å². The Balaban J connectivity index is 1.76. The van der Waals surface area contributed by atoms with Crippen LogP contribution in [0.2, 0.25) is 0 Å². The Hall–Kier alpha value is -3.85. The van der Waals surface area contributed by atoms with Gasteiger partial charge in [-0.2, -0.15) is 18.4 Å². The minimum atomic E-state index is -4.46. The zero-order valence-electron chi connectivity index (χ0n) is 17.6. The Labute approximate surface area is 184 Å². The second-order valence-electron chi connectivity index (χ2n) is 7.82. The molecule has 0 saturated carbocycles. The van der Waals surface area contributed by atoms with Gasteiger partial charge in [0.2, 0.25) is 0 Å². The van der Waals surface area contributed by atoms with Gasteiger partial charge in [0.25, 0.3) is 0 Å². The molecule has 2 heterocycles. The van der Waals surface area contributed by atoms with Gasteiger partial charge in [-0.3, -0.25) is 4.98 Å². The molecule has 0 radical (unpaired) electrons. The molecule has 4 rings (SSSR count). The summed E-state index contributed by atoms with van der Waals surface area (Å²) in [4.78, 5) is 3.57. The predicted molar refractivity (Wildman–Crippen MR) is 120 cm³/mol. The molecule has 0 aliphatic carbocycles. The molecule has 4 aromatic rings. The monoisotopic (exact) mass is 431 g/mol. The predicted octanol–water partition coefficient (Wildman–Crippen LogP) is 6.78. The second kappa shape index (κ2) is 8.35. The lowest BCUT2D eigenvalue weighted by atomic mass is 10.0. The van der Waals surface area contributed by atoms with Crippen LogP contribution in [0.1, 0.15) is 33.5 Å². The maximum atomic E-state index is 12.8. The number of nitrogens with zero attached hydrogens (tertiary/aromatic N) is 3. The van der Waals surface area contributed by atoms with Crippen molar-refractivity contribution in [1.82, 2.24) is 9.55 Å². The van der Waals surface area contributed by atoms with E-state index in [4.69, 9.17) is 0 Å². The van der Waals surface area contributed by atoms with Crippen molar-refractivity contribution in [1.29, 1.82) is 5.26 Å². The summed E-state index contributed by atoms with van der Waals surface area (Å²) in [6.45, 7) is 4.34. The van der Waals surface area contributed by atoms with E-state index < -0.39 is 11.9 Å². The van der Waals surface area contributed by atoms with Crippen LogP contribution in [-0.4, -0.2) is 9.55 Å². The highest BCUT2D eigenvalue weighted by molar-refractivity contribution is 5.98. The summed E-state index contributed by atoms with van der Waals surface area (Å²) in [7, 11) is 0.